The normalized spacial score (nSPS) is 12.6. The summed E-state index contributed by atoms with van der Waals surface area (Å²) in [4.78, 5) is 0. The minimum atomic E-state index is 0.639. The summed E-state index contributed by atoms with van der Waals surface area (Å²) in [5.74, 6) is 0.876. The van der Waals surface area contributed by atoms with Crippen LogP contribution in [0.3, 0.4) is 0 Å². The molecule has 0 saturated heterocycles. The van der Waals surface area contributed by atoms with E-state index in [4.69, 9.17) is 9.47 Å². The summed E-state index contributed by atoms with van der Waals surface area (Å²) in [7, 11) is 1.71. The summed E-state index contributed by atoms with van der Waals surface area (Å²) in [6.07, 6.45) is 0. The van der Waals surface area contributed by atoms with Crippen LogP contribution in [0.4, 0.5) is 0 Å². The lowest BCUT2D eigenvalue weighted by molar-refractivity contribution is 0.134. The van der Waals surface area contributed by atoms with Crippen molar-refractivity contribution in [3.63, 3.8) is 0 Å². The van der Waals surface area contributed by atoms with Gasteiger partial charge in [0.05, 0.1) is 20.3 Å². The van der Waals surface area contributed by atoms with Gasteiger partial charge < -0.3 is 9.47 Å². The Kier molecular flexibility index (Phi) is 4.93. The van der Waals surface area contributed by atoms with Gasteiger partial charge in [-0.2, -0.15) is 0 Å². The maximum atomic E-state index is 5.96. The summed E-state index contributed by atoms with van der Waals surface area (Å²) in [5, 5.41) is 2.37. The molecule has 1 heterocycles. The first-order valence-electron chi connectivity index (χ1n) is 11.3. The first-order valence-corrected chi connectivity index (χ1v) is 11.3. The van der Waals surface area contributed by atoms with Gasteiger partial charge in [0.15, 0.2) is 0 Å². The van der Waals surface area contributed by atoms with Crippen LogP contribution in [0.15, 0.2) is 103 Å². The van der Waals surface area contributed by atoms with Crippen LogP contribution in [0, 0.1) is 0 Å². The minimum absolute atomic E-state index is 0.639. The average molecular weight is 429 g/mol. The smallest absolute Gasteiger partial charge is 0.119 e. The molecule has 0 radical (unpaired) electrons. The van der Waals surface area contributed by atoms with Crippen molar-refractivity contribution >= 4 is 10.8 Å². The summed E-state index contributed by atoms with van der Waals surface area (Å²) in [5.41, 5.74) is 10.0. The molecular weight excluding hydrogens is 404 g/mol. The molecule has 6 rings (SSSR count). The molecule has 2 nitrogen and oxygen atoms in total. The fourth-order valence-corrected chi connectivity index (χ4v) is 4.91. The average Bonchev–Trinajstić information content (AvgIpc) is 3.36. The van der Waals surface area contributed by atoms with E-state index in [1.807, 2.05) is 6.07 Å². The van der Waals surface area contributed by atoms with E-state index >= 15 is 0 Å². The quantitative estimate of drug-likeness (QED) is 0.290. The Balaban J connectivity index is 1.68. The Morgan fingerprint density at radius 3 is 2.06 bits per heavy atom. The Hall–Kier alpha value is -3.88. The number of benzene rings is 5. The van der Waals surface area contributed by atoms with Crippen LogP contribution in [0.2, 0.25) is 0 Å². The summed E-state index contributed by atoms with van der Waals surface area (Å²) >= 11 is 0. The lowest BCUT2D eigenvalue weighted by Gasteiger charge is -2.20. The lowest BCUT2D eigenvalue weighted by Crippen LogP contribution is -1.97. The first-order chi connectivity index (χ1) is 16.3. The number of rotatable bonds is 4. The minimum Gasteiger partial charge on any atom is -0.497 e. The molecule has 0 unspecified atom stereocenters. The number of hydrogen-bond acceptors (Lipinski definition) is 2. The Bertz CT molecular complexity index is 1450. The van der Waals surface area contributed by atoms with Gasteiger partial charge in [-0.3, -0.25) is 0 Å². The van der Waals surface area contributed by atoms with Crippen molar-refractivity contribution in [3.05, 3.63) is 114 Å². The van der Waals surface area contributed by atoms with Crippen molar-refractivity contribution in [1.29, 1.82) is 0 Å². The monoisotopic (exact) mass is 428 g/mol. The fourth-order valence-electron chi connectivity index (χ4n) is 4.91. The molecule has 0 atom stereocenters. The van der Waals surface area contributed by atoms with E-state index in [1.54, 1.807) is 7.11 Å². The molecule has 33 heavy (non-hydrogen) atoms. The first kappa shape index (κ1) is 19.8. The third-order valence-corrected chi connectivity index (χ3v) is 6.51. The predicted octanol–water partition coefficient (Wildman–Crippen LogP) is 7.88. The molecule has 0 aliphatic carbocycles. The van der Waals surface area contributed by atoms with E-state index in [-0.39, 0.29) is 0 Å². The highest BCUT2D eigenvalue weighted by molar-refractivity contribution is 5.99. The molecule has 0 spiro atoms. The van der Waals surface area contributed by atoms with Crippen LogP contribution in [0.5, 0.6) is 5.75 Å². The molecule has 5 aromatic carbocycles. The summed E-state index contributed by atoms with van der Waals surface area (Å²) in [6.45, 7) is 1.29. The number of methoxy groups -OCH3 is 1. The molecule has 1 aliphatic heterocycles. The van der Waals surface area contributed by atoms with Gasteiger partial charge in [0.25, 0.3) is 0 Å². The number of hydrogen-bond donors (Lipinski definition) is 0. The van der Waals surface area contributed by atoms with Crippen molar-refractivity contribution in [2.75, 3.05) is 7.11 Å². The summed E-state index contributed by atoms with van der Waals surface area (Å²) < 4.78 is 11.4. The maximum absolute atomic E-state index is 5.96. The van der Waals surface area contributed by atoms with Crippen LogP contribution in [-0.4, -0.2) is 7.11 Å². The second-order valence-electron chi connectivity index (χ2n) is 8.46. The standard InChI is InChI=1S/C31H24O2/c1-32-27-15-14-23-16-25(13-12-24(23)17-27)31-29-20-33-19-26(29)18-28(21-8-4-2-5-9-21)30(31)22-10-6-3-7-11-22/h2-18H,19-20H2,1H3. The second-order valence-corrected chi connectivity index (χ2v) is 8.46. The highest BCUT2D eigenvalue weighted by atomic mass is 16.5. The Labute approximate surface area is 194 Å². The molecule has 0 bridgehead atoms. The lowest BCUT2D eigenvalue weighted by atomic mass is 9.82. The van der Waals surface area contributed by atoms with Crippen LogP contribution >= 0.6 is 0 Å². The zero-order chi connectivity index (χ0) is 22.2. The SMILES string of the molecule is COc1ccc2cc(-c3c4c(cc(-c5ccccc5)c3-c3ccccc3)COC4)ccc2c1. The molecule has 5 aromatic rings. The van der Waals surface area contributed by atoms with Gasteiger partial charge in [0, 0.05) is 0 Å². The molecule has 1 aliphatic rings. The molecule has 0 aromatic heterocycles. The van der Waals surface area contributed by atoms with E-state index in [0.717, 1.165) is 5.75 Å². The van der Waals surface area contributed by atoms with Gasteiger partial charge in [-0.25, -0.2) is 0 Å². The molecule has 0 N–H and O–H groups in total. The number of fused-ring (bicyclic) bond motifs is 2. The van der Waals surface area contributed by atoms with Gasteiger partial charge in [0.1, 0.15) is 5.75 Å². The van der Waals surface area contributed by atoms with Crippen molar-refractivity contribution in [2.24, 2.45) is 0 Å². The van der Waals surface area contributed by atoms with Gasteiger partial charge in [0.2, 0.25) is 0 Å². The van der Waals surface area contributed by atoms with E-state index in [9.17, 15) is 0 Å². The van der Waals surface area contributed by atoms with Gasteiger partial charge in [-0.05, 0) is 79.5 Å². The molecule has 160 valence electrons. The largest absolute Gasteiger partial charge is 0.497 e. The van der Waals surface area contributed by atoms with Crippen LogP contribution < -0.4 is 4.74 Å². The van der Waals surface area contributed by atoms with Crippen molar-refractivity contribution < 1.29 is 9.47 Å². The zero-order valence-electron chi connectivity index (χ0n) is 18.5. The van der Waals surface area contributed by atoms with Crippen LogP contribution in [0.25, 0.3) is 44.2 Å². The number of ether oxygens (including phenoxy) is 2. The van der Waals surface area contributed by atoms with E-state index in [1.165, 1.54) is 55.3 Å². The van der Waals surface area contributed by atoms with Crippen LogP contribution in [0.1, 0.15) is 11.1 Å². The third-order valence-electron chi connectivity index (χ3n) is 6.51. The highest BCUT2D eigenvalue weighted by Crippen LogP contribution is 2.46. The van der Waals surface area contributed by atoms with Crippen molar-refractivity contribution in [1.82, 2.24) is 0 Å². The summed E-state index contributed by atoms with van der Waals surface area (Å²) in [6, 6.07) is 36.7. The van der Waals surface area contributed by atoms with Crippen molar-refractivity contribution in [2.45, 2.75) is 13.2 Å². The fraction of sp³-hybridized carbons (Fsp3) is 0.0968. The highest BCUT2D eigenvalue weighted by Gasteiger charge is 2.24. The molecule has 0 fully saturated rings. The maximum Gasteiger partial charge on any atom is 0.119 e. The van der Waals surface area contributed by atoms with E-state index in [0.29, 0.717) is 13.2 Å². The van der Waals surface area contributed by atoms with E-state index in [2.05, 4.69) is 97.1 Å². The molecule has 0 amide bonds. The van der Waals surface area contributed by atoms with Gasteiger partial charge >= 0.3 is 0 Å². The zero-order valence-corrected chi connectivity index (χ0v) is 18.5. The topological polar surface area (TPSA) is 18.5 Å². The predicted molar refractivity (Wildman–Crippen MR) is 135 cm³/mol. The molecular formula is C31H24O2. The molecule has 0 saturated carbocycles. The molecule has 2 heteroatoms. The van der Waals surface area contributed by atoms with Crippen LogP contribution in [-0.2, 0) is 18.0 Å². The Morgan fingerprint density at radius 1 is 0.606 bits per heavy atom. The second kappa shape index (κ2) is 8.23. The van der Waals surface area contributed by atoms with Gasteiger partial charge in [-0.15, -0.1) is 0 Å². The van der Waals surface area contributed by atoms with Crippen molar-refractivity contribution in [3.8, 4) is 39.1 Å². The Morgan fingerprint density at radius 2 is 1.30 bits per heavy atom. The van der Waals surface area contributed by atoms with Gasteiger partial charge in [-0.1, -0.05) is 78.9 Å². The third kappa shape index (κ3) is 3.49. The van der Waals surface area contributed by atoms with E-state index < -0.39 is 0 Å².